The topological polar surface area (TPSA) is 23.5 Å². The van der Waals surface area contributed by atoms with Crippen LogP contribution in [0.2, 0.25) is 0 Å². The summed E-state index contributed by atoms with van der Waals surface area (Å²) in [6.45, 7) is 2.27. The lowest BCUT2D eigenvalue weighted by atomic mass is 10.0. The van der Waals surface area contributed by atoms with Crippen LogP contribution in [0.1, 0.15) is 23.7 Å². The predicted molar refractivity (Wildman–Crippen MR) is 80.4 cm³/mol. The first-order chi connectivity index (χ1) is 9.97. The van der Waals surface area contributed by atoms with Crippen molar-refractivity contribution < 1.29 is 13.9 Å². The summed E-state index contributed by atoms with van der Waals surface area (Å²) in [6.07, 6.45) is -0.251. The van der Waals surface area contributed by atoms with Crippen molar-refractivity contribution in [3.63, 3.8) is 0 Å². The molecule has 0 heterocycles. The third-order valence-electron chi connectivity index (χ3n) is 3.59. The molecule has 112 valence electrons. The predicted octanol–water partition coefficient (Wildman–Crippen LogP) is 3.83. The van der Waals surface area contributed by atoms with Crippen molar-refractivity contribution in [3.8, 4) is 0 Å². The van der Waals surface area contributed by atoms with Gasteiger partial charge in [-0.25, -0.2) is 8.78 Å². The average molecular weight is 291 g/mol. The minimum absolute atomic E-state index is 0.276. The second kappa shape index (κ2) is 6.68. The number of anilines is 1. The quantitative estimate of drug-likeness (QED) is 0.905. The molecule has 0 saturated heterocycles. The van der Waals surface area contributed by atoms with Gasteiger partial charge in [-0.2, -0.15) is 0 Å². The molecule has 0 radical (unpaired) electrons. The van der Waals surface area contributed by atoms with Gasteiger partial charge in [-0.3, -0.25) is 0 Å². The maximum absolute atomic E-state index is 13.5. The minimum Gasteiger partial charge on any atom is -0.388 e. The summed E-state index contributed by atoms with van der Waals surface area (Å²) in [4.78, 5) is 1.92. The molecule has 0 aliphatic heterocycles. The largest absolute Gasteiger partial charge is 0.388 e. The number of aliphatic hydroxyl groups is 1. The molecule has 4 heteroatoms. The maximum Gasteiger partial charge on any atom is 0.126 e. The van der Waals surface area contributed by atoms with Crippen LogP contribution in [0.25, 0.3) is 0 Å². The van der Waals surface area contributed by atoms with Gasteiger partial charge in [0.25, 0.3) is 0 Å². The first-order valence-electron chi connectivity index (χ1n) is 6.88. The van der Waals surface area contributed by atoms with Gasteiger partial charge in [0.2, 0.25) is 0 Å². The molecule has 1 unspecified atom stereocenters. The second-order valence-corrected chi connectivity index (χ2v) is 5.21. The number of halogens is 2. The summed E-state index contributed by atoms with van der Waals surface area (Å²) in [5.74, 6) is -0.583. The SMILES string of the molecule is Cc1ccc(C(O)CCN(C)c2ccc(F)cc2)cc1F. The van der Waals surface area contributed by atoms with Crippen LogP contribution >= 0.6 is 0 Å². The molecule has 2 rings (SSSR count). The fraction of sp³-hybridized carbons (Fsp3) is 0.294. The highest BCUT2D eigenvalue weighted by atomic mass is 19.1. The third kappa shape index (κ3) is 4.02. The Morgan fingerprint density at radius 1 is 1.10 bits per heavy atom. The Kier molecular flexibility index (Phi) is 4.91. The number of benzene rings is 2. The maximum atomic E-state index is 13.5. The van der Waals surface area contributed by atoms with Gasteiger partial charge in [-0.15, -0.1) is 0 Å². The normalized spacial score (nSPS) is 12.2. The van der Waals surface area contributed by atoms with Crippen LogP contribution in [0.4, 0.5) is 14.5 Å². The molecule has 2 nitrogen and oxygen atoms in total. The van der Waals surface area contributed by atoms with Crippen molar-refractivity contribution in [3.05, 3.63) is 65.2 Å². The molecule has 0 saturated carbocycles. The highest BCUT2D eigenvalue weighted by Gasteiger charge is 2.11. The monoisotopic (exact) mass is 291 g/mol. The van der Waals surface area contributed by atoms with Crippen LogP contribution in [0, 0.1) is 18.6 Å². The number of rotatable bonds is 5. The molecule has 2 aromatic carbocycles. The van der Waals surface area contributed by atoms with Gasteiger partial charge in [0.15, 0.2) is 0 Å². The van der Waals surface area contributed by atoms with Crippen LogP contribution < -0.4 is 4.90 Å². The van der Waals surface area contributed by atoms with Crippen molar-refractivity contribution in [1.82, 2.24) is 0 Å². The van der Waals surface area contributed by atoms with Crippen molar-refractivity contribution in [2.45, 2.75) is 19.4 Å². The van der Waals surface area contributed by atoms with Crippen molar-refractivity contribution in [1.29, 1.82) is 0 Å². The Labute approximate surface area is 123 Å². The van der Waals surface area contributed by atoms with E-state index in [1.165, 1.54) is 18.2 Å². The summed E-state index contributed by atoms with van der Waals surface area (Å²) in [5, 5.41) is 10.1. The molecule has 0 aliphatic carbocycles. The summed E-state index contributed by atoms with van der Waals surface area (Å²) in [5.41, 5.74) is 2.01. The molecular formula is C17H19F2NO. The highest BCUT2D eigenvalue weighted by Crippen LogP contribution is 2.21. The second-order valence-electron chi connectivity index (χ2n) is 5.21. The van der Waals surface area contributed by atoms with Crippen LogP contribution in [-0.4, -0.2) is 18.7 Å². The number of hydrogen-bond donors (Lipinski definition) is 1. The van der Waals surface area contributed by atoms with Gasteiger partial charge in [0.1, 0.15) is 11.6 Å². The van der Waals surface area contributed by atoms with Gasteiger partial charge in [0.05, 0.1) is 6.10 Å². The average Bonchev–Trinajstić information content (AvgIpc) is 2.48. The summed E-state index contributed by atoms with van der Waals surface area (Å²) in [7, 11) is 1.87. The summed E-state index contributed by atoms with van der Waals surface area (Å²) in [6, 6.07) is 11.0. The van der Waals surface area contributed by atoms with Crippen molar-refractivity contribution >= 4 is 5.69 Å². The first kappa shape index (κ1) is 15.4. The van der Waals surface area contributed by atoms with Crippen molar-refractivity contribution in [2.24, 2.45) is 0 Å². The van der Waals surface area contributed by atoms with Crippen molar-refractivity contribution in [2.75, 3.05) is 18.5 Å². The fourth-order valence-electron chi connectivity index (χ4n) is 2.12. The van der Waals surface area contributed by atoms with E-state index in [4.69, 9.17) is 0 Å². The zero-order chi connectivity index (χ0) is 15.4. The number of nitrogens with zero attached hydrogens (tertiary/aromatic N) is 1. The molecule has 0 aliphatic rings. The lowest BCUT2D eigenvalue weighted by Crippen LogP contribution is -2.20. The fourth-order valence-corrected chi connectivity index (χ4v) is 2.12. The van der Waals surface area contributed by atoms with Crippen LogP contribution in [0.5, 0.6) is 0 Å². The van der Waals surface area contributed by atoms with Crippen LogP contribution in [0.3, 0.4) is 0 Å². The van der Waals surface area contributed by atoms with Gasteiger partial charge in [0, 0.05) is 19.3 Å². The molecular weight excluding hydrogens is 272 g/mol. The van der Waals surface area contributed by atoms with E-state index in [0.29, 0.717) is 24.1 Å². The molecule has 1 N–H and O–H groups in total. The Bertz CT molecular complexity index is 598. The van der Waals surface area contributed by atoms with Crippen LogP contribution in [-0.2, 0) is 0 Å². The van der Waals surface area contributed by atoms with E-state index in [-0.39, 0.29) is 11.6 Å². The van der Waals surface area contributed by atoms with E-state index < -0.39 is 6.10 Å². The van der Waals surface area contributed by atoms with Gasteiger partial charge in [-0.1, -0.05) is 12.1 Å². The molecule has 0 spiro atoms. The molecule has 1 atom stereocenters. The van der Waals surface area contributed by atoms with E-state index in [0.717, 1.165) is 5.69 Å². The number of aryl methyl sites for hydroxylation is 1. The zero-order valence-corrected chi connectivity index (χ0v) is 12.2. The zero-order valence-electron chi connectivity index (χ0n) is 12.2. The molecule has 2 aromatic rings. The Hall–Kier alpha value is -1.94. The minimum atomic E-state index is -0.719. The number of aliphatic hydroxyl groups excluding tert-OH is 1. The van der Waals surface area contributed by atoms with E-state index in [1.807, 2.05) is 11.9 Å². The smallest absolute Gasteiger partial charge is 0.126 e. The molecule has 0 fully saturated rings. The lowest BCUT2D eigenvalue weighted by Gasteiger charge is -2.21. The molecule has 0 amide bonds. The van der Waals surface area contributed by atoms with E-state index in [9.17, 15) is 13.9 Å². The van der Waals surface area contributed by atoms with Gasteiger partial charge >= 0.3 is 0 Å². The Morgan fingerprint density at radius 2 is 1.76 bits per heavy atom. The highest BCUT2D eigenvalue weighted by molar-refractivity contribution is 5.45. The first-order valence-corrected chi connectivity index (χ1v) is 6.88. The Morgan fingerprint density at radius 3 is 2.38 bits per heavy atom. The van der Waals surface area contributed by atoms with E-state index in [1.54, 1.807) is 31.2 Å². The molecule has 21 heavy (non-hydrogen) atoms. The van der Waals surface area contributed by atoms with Crippen LogP contribution in [0.15, 0.2) is 42.5 Å². The van der Waals surface area contributed by atoms with E-state index in [2.05, 4.69) is 0 Å². The summed E-state index contributed by atoms with van der Waals surface area (Å²) >= 11 is 0. The van der Waals surface area contributed by atoms with E-state index >= 15 is 0 Å². The standard InChI is InChI=1S/C17H19F2NO/c1-12-3-4-13(11-16(12)19)17(21)9-10-20(2)15-7-5-14(18)6-8-15/h3-8,11,17,21H,9-10H2,1-2H3. The Balaban J connectivity index is 1.95. The van der Waals surface area contributed by atoms with Gasteiger partial charge in [-0.05, 0) is 54.8 Å². The molecule has 0 bridgehead atoms. The summed E-state index contributed by atoms with van der Waals surface area (Å²) < 4.78 is 26.3. The lowest BCUT2D eigenvalue weighted by molar-refractivity contribution is 0.169. The third-order valence-corrected chi connectivity index (χ3v) is 3.59. The molecule has 0 aromatic heterocycles. The number of hydrogen-bond acceptors (Lipinski definition) is 2. The van der Waals surface area contributed by atoms with Gasteiger partial charge < -0.3 is 10.0 Å².